The van der Waals surface area contributed by atoms with Crippen molar-refractivity contribution in [1.82, 2.24) is 15.6 Å². The average Bonchev–Trinajstić information content (AvgIpc) is 2.91. The normalized spacial score (nSPS) is 16.6. The molecule has 6 nitrogen and oxygen atoms in total. The molecule has 0 saturated heterocycles. The summed E-state index contributed by atoms with van der Waals surface area (Å²) in [4.78, 5) is 24.4. The summed E-state index contributed by atoms with van der Waals surface area (Å²) in [7, 11) is 0. The number of rotatable bonds is 2. The molecular formula is C20H18N4O2. The highest BCUT2D eigenvalue weighted by molar-refractivity contribution is 6.08. The molecular weight excluding hydrogens is 328 g/mol. The summed E-state index contributed by atoms with van der Waals surface area (Å²) in [6.07, 6.45) is 0.742. The Hall–Kier alpha value is -3.28. The van der Waals surface area contributed by atoms with Crippen LogP contribution in [0.1, 0.15) is 41.9 Å². The molecule has 0 bridgehead atoms. The molecule has 0 unspecified atom stereocenters. The van der Waals surface area contributed by atoms with E-state index in [-0.39, 0.29) is 16.7 Å². The van der Waals surface area contributed by atoms with Gasteiger partial charge in [-0.1, -0.05) is 56.3 Å². The largest absolute Gasteiger partial charge is 0.292 e. The van der Waals surface area contributed by atoms with E-state index in [0.29, 0.717) is 10.8 Å². The molecule has 0 aliphatic heterocycles. The second-order valence-electron chi connectivity index (χ2n) is 7.05. The fraction of sp³-hybridized carbons (Fsp3) is 0.200. The zero-order chi connectivity index (χ0) is 18.3. The fourth-order valence-corrected chi connectivity index (χ4v) is 3.49. The summed E-state index contributed by atoms with van der Waals surface area (Å²) in [6.45, 7) is 4.32. The first-order valence-corrected chi connectivity index (χ1v) is 8.41. The lowest BCUT2D eigenvalue weighted by Gasteiger charge is -2.17. The summed E-state index contributed by atoms with van der Waals surface area (Å²) < 4.78 is 0. The Balaban J connectivity index is 1.68. The van der Waals surface area contributed by atoms with Gasteiger partial charge in [-0.05, 0) is 17.0 Å². The number of carbonyl (C=O) groups excluding carboxylic acids is 1. The van der Waals surface area contributed by atoms with Gasteiger partial charge in [0.1, 0.15) is 0 Å². The Morgan fingerprint density at radius 2 is 1.81 bits per heavy atom. The van der Waals surface area contributed by atoms with Crippen molar-refractivity contribution in [2.45, 2.75) is 25.7 Å². The number of nitrogens with one attached hydrogen (secondary N) is 2. The van der Waals surface area contributed by atoms with Crippen LogP contribution in [-0.4, -0.2) is 21.8 Å². The van der Waals surface area contributed by atoms with Crippen molar-refractivity contribution < 1.29 is 4.79 Å². The van der Waals surface area contributed by atoms with E-state index in [9.17, 15) is 9.59 Å². The third-order valence-electron chi connectivity index (χ3n) is 4.78. The maximum Gasteiger partial charge on any atom is 0.292 e. The van der Waals surface area contributed by atoms with Crippen molar-refractivity contribution in [3.8, 4) is 0 Å². The Bertz CT molecular complexity index is 1110. The molecule has 1 heterocycles. The maximum atomic E-state index is 12.6. The van der Waals surface area contributed by atoms with Crippen molar-refractivity contribution in [1.29, 1.82) is 0 Å². The highest BCUT2D eigenvalue weighted by Gasteiger charge is 2.34. The van der Waals surface area contributed by atoms with Gasteiger partial charge in [0.25, 0.3) is 11.5 Å². The standard InChI is InChI=1S/C20H18N4O2/c1-20(2)11-16(14-9-5-6-10-15(14)20)21-24-19(26)17-12-7-3-4-8-13(12)18(25)23-22-17/h3-10H,11H2,1-2H3,(H,23,25)(H,24,26)/b21-16+. The van der Waals surface area contributed by atoms with Gasteiger partial charge in [-0.3, -0.25) is 9.59 Å². The molecule has 0 atom stereocenters. The summed E-state index contributed by atoms with van der Waals surface area (Å²) in [6, 6.07) is 15.0. The lowest BCUT2D eigenvalue weighted by atomic mass is 9.87. The third-order valence-corrected chi connectivity index (χ3v) is 4.78. The van der Waals surface area contributed by atoms with Crippen molar-refractivity contribution in [3.63, 3.8) is 0 Å². The molecule has 4 rings (SSSR count). The molecule has 3 aromatic rings. The van der Waals surface area contributed by atoms with Crippen LogP contribution in [0, 0.1) is 0 Å². The van der Waals surface area contributed by atoms with Crippen LogP contribution in [0.4, 0.5) is 0 Å². The van der Waals surface area contributed by atoms with Crippen molar-refractivity contribution in [2.24, 2.45) is 5.10 Å². The summed E-state index contributed by atoms with van der Waals surface area (Å²) in [5.41, 5.74) is 5.51. The second-order valence-corrected chi connectivity index (χ2v) is 7.05. The smallest absolute Gasteiger partial charge is 0.267 e. The van der Waals surface area contributed by atoms with Gasteiger partial charge in [0, 0.05) is 17.4 Å². The van der Waals surface area contributed by atoms with E-state index >= 15 is 0 Å². The molecule has 0 saturated carbocycles. The van der Waals surface area contributed by atoms with Gasteiger partial charge in [0.05, 0.1) is 11.1 Å². The topological polar surface area (TPSA) is 87.2 Å². The molecule has 0 fully saturated rings. The Labute approximate surface area is 150 Å². The highest BCUT2D eigenvalue weighted by Crippen LogP contribution is 2.38. The number of hydrogen-bond donors (Lipinski definition) is 2. The number of H-pyrrole nitrogens is 1. The SMILES string of the molecule is CC1(C)C/C(=N\NC(=O)c2n[nH]c(=O)c3ccccc23)c2ccccc21. The molecule has 26 heavy (non-hydrogen) atoms. The number of nitrogens with zero attached hydrogens (tertiary/aromatic N) is 2. The van der Waals surface area contributed by atoms with Crippen molar-refractivity contribution in [3.05, 3.63) is 75.7 Å². The number of benzene rings is 2. The third kappa shape index (κ3) is 2.60. The molecule has 0 radical (unpaired) electrons. The van der Waals surface area contributed by atoms with Gasteiger partial charge < -0.3 is 0 Å². The molecule has 1 amide bonds. The van der Waals surface area contributed by atoms with Crippen LogP contribution < -0.4 is 11.0 Å². The van der Waals surface area contributed by atoms with Crippen LogP contribution in [0.3, 0.4) is 0 Å². The van der Waals surface area contributed by atoms with Gasteiger partial charge in [0.15, 0.2) is 5.69 Å². The van der Waals surface area contributed by atoms with Gasteiger partial charge in [0.2, 0.25) is 0 Å². The van der Waals surface area contributed by atoms with E-state index in [1.807, 2.05) is 18.2 Å². The quantitative estimate of drug-likeness (QED) is 0.700. The molecule has 0 spiro atoms. The predicted octanol–water partition coefficient (Wildman–Crippen LogP) is 2.74. The van der Waals surface area contributed by atoms with Gasteiger partial charge >= 0.3 is 0 Å². The van der Waals surface area contributed by atoms with Crippen molar-refractivity contribution in [2.75, 3.05) is 0 Å². The number of carbonyl (C=O) groups is 1. The highest BCUT2D eigenvalue weighted by atomic mass is 16.2. The zero-order valence-electron chi connectivity index (χ0n) is 14.5. The van der Waals surface area contributed by atoms with E-state index in [4.69, 9.17) is 0 Å². The van der Waals surface area contributed by atoms with E-state index in [1.54, 1.807) is 24.3 Å². The molecule has 6 heteroatoms. The minimum absolute atomic E-state index is 0.0247. The number of amides is 1. The molecule has 2 aromatic carbocycles. The first-order chi connectivity index (χ1) is 12.5. The lowest BCUT2D eigenvalue weighted by molar-refractivity contribution is 0.0950. The first-order valence-electron chi connectivity index (χ1n) is 8.41. The number of hydrazone groups is 1. The van der Waals surface area contributed by atoms with E-state index < -0.39 is 5.91 Å². The monoisotopic (exact) mass is 346 g/mol. The summed E-state index contributed by atoms with van der Waals surface area (Å²) >= 11 is 0. The molecule has 1 aliphatic carbocycles. The first kappa shape index (κ1) is 16.2. The molecule has 1 aliphatic rings. The van der Waals surface area contributed by atoms with Crippen LogP contribution in [0.5, 0.6) is 0 Å². The number of aromatic nitrogens is 2. The molecule has 1 aromatic heterocycles. The van der Waals surface area contributed by atoms with Crippen molar-refractivity contribution >= 4 is 22.4 Å². The molecule has 2 N–H and O–H groups in total. The summed E-state index contributed by atoms with van der Waals surface area (Å²) in [5.74, 6) is -0.452. The molecule has 130 valence electrons. The van der Waals surface area contributed by atoms with Gasteiger partial charge in [-0.2, -0.15) is 10.2 Å². The van der Waals surface area contributed by atoms with E-state index in [2.05, 4.69) is 40.6 Å². The Morgan fingerprint density at radius 3 is 2.62 bits per heavy atom. The number of fused-ring (bicyclic) bond motifs is 2. The van der Waals surface area contributed by atoms with Crippen LogP contribution in [0.15, 0.2) is 58.4 Å². The minimum atomic E-state index is -0.452. The average molecular weight is 346 g/mol. The Kier molecular flexibility index (Phi) is 3.68. The van der Waals surface area contributed by atoms with E-state index in [1.165, 1.54) is 5.56 Å². The zero-order valence-corrected chi connectivity index (χ0v) is 14.5. The Morgan fingerprint density at radius 1 is 1.12 bits per heavy atom. The minimum Gasteiger partial charge on any atom is -0.267 e. The maximum absolute atomic E-state index is 12.6. The fourth-order valence-electron chi connectivity index (χ4n) is 3.49. The number of hydrogen-bond acceptors (Lipinski definition) is 4. The predicted molar refractivity (Wildman–Crippen MR) is 100 cm³/mol. The van der Waals surface area contributed by atoms with Crippen LogP contribution >= 0.6 is 0 Å². The lowest BCUT2D eigenvalue weighted by Crippen LogP contribution is -2.24. The van der Waals surface area contributed by atoms with Crippen LogP contribution in [0.25, 0.3) is 10.8 Å². The summed E-state index contributed by atoms with van der Waals surface area (Å²) in [5, 5.41) is 11.5. The van der Waals surface area contributed by atoms with Crippen LogP contribution in [0.2, 0.25) is 0 Å². The second kappa shape index (κ2) is 5.91. The van der Waals surface area contributed by atoms with Gasteiger partial charge in [-0.15, -0.1) is 0 Å². The van der Waals surface area contributed by atoms with Crippen LogP contribution in [-0.2, 0) is 5.41 Å². The van der Waals surface area contributed by atoms with Gasteiger partial charge in [-0.25, -0.2) is 10.5 Å². The number of aromatic amines is 1. The van der Waals surface area contributed by atoms with E-state index in [0.717, 1.165) is 17.7 Å².